The predicted molar refractivity (Wildman–Crippen MR) is 69.3 cm³/mol. The Bertz CT molecular complexity index is 189. The van der Waals surface area contributed by atoms with E-state index in [0.29, 0.717) is 0 Å². The third-order valence-electron chi connectivity index (χ3n) is 3.63. The molecule has 2 unspecified atom stereocenters. The summed E-state index contributed by atoms with van der Waals surface area (Å²) in [5, 5.41) is 7.02. The average Bonchev–Trinajstić information content (AvgIpc) is 2.67. The van der Waals surface area contributed by atoms with Crippen LogP contribution in [0.25, 0.3) is 0 Å². The maximum absolute atomic E-state index is 5.75. The van der Waals surface area contributed by atoms with Crippen molar-refractivity contribution < 1.29 is 4.74 Å². The SMILES string of the molecule is CC1(CNCC2CCCNC2)CCCO1.Cl. The highest BCUT2D eigenvalue weighted by molar-refractivity contribution is 5.85. The molecule has 0 saturated carbocycles. The average molecular weight is 249 g/mol. The van der Waals surface area contributed by atoms with Crippen LogP contribution >= 0.6 is 12.4 Å². The van der Waals surface area contributed by atoms with E-state index >= 15 is 0 Å². The third-order valence-corrected chi connectivity index (χ3v) is 3.63. The molecule has 96 valence electrons. The van der Waals surface area contributed by atoms with Gasteiger partial charge in [0.05, 0.1) is 5.60 Å². The summed E-state index contributed by atoms with van der Waals surface area (Å²) in [5.41, 5.74) is 0.113. The number of nitrogens with one attached hydrogen (secondary N) is 2. The first-order chi connectivity index (χ1) is 7.29. The van der Waals surface area contributed by atoms with Gasteiger partial charge in [0.15, 0.2) is 0 Å². The molecule has 2 heterocycles. The Balaban J connectivity index is 0.00000128. The summed E-state index contributed by atoms with van der Waals surface area (Å²) in [6, 6.07) is 0. The first-order valence-corrected chi connectivity index (χ1v) is 6.34. The van der Waals surface area contributed by atoms with Crippen molar-refractivity contribution in [1.82, 2.24) is 10.6 Å². The minimum atomic E-state index is 0. The molecular formula is C12H25ClN2O. The number of ether oxygens (including phenoxy) is 1. The molecule has 2 N–H and O–H groups in total. The van der Waals surface area contributed by atoms with Gasteiger partial charge in [0.25, 0.3) is 0 Å². The van der Waals surface area contributed by atoms with E-state index in [0.717, 1.165) is 25.6 Å². The molecule has 0 amide bonds. The minimum absolute atomic E-state index is 0. The fourth-order valence-electron chi connectivity index (χ4n) is 2.62. The second-order valence-corrected chi connectivity index (χ2v) is 5.25. The molecular weight excluding hydrogens is 224 g/mol. The second-order valence-electron chi connectivity index (χ2n) is 5.25. The first-order valence-electron chi connectivity index (χ1n) is 6.34. The van der Waals surface area contributed by atoms with Gasteiger partial charge in [-0.25, -0.2) is 0 Å². The summed E-state index contributed by atoms with van der Waals surface area (Å²) < 4.78 is 5.75. The Hall–Kier alpha value is 0.170. The number of piperidine rings is 1. The first kappa shape index (κ1) is 14.2. The molecule has 0 aromatic rings. The molecule has 0 spiro atoms. The lowest BCUT2D eigenvalue weighted by molar-refractivity contribution is 0.0201. The van der Waals surface area contributed by atoms with E-state index in [1.807, 2.05) is 0 Å². The predicted octanol–water partition coefficient (Wildman–Crippen LogP) is 1.57. The van der Waals surface area contributed by atoms with Gasteiger partial charge in [-0.1, -0.05) is 0 Å². The van der Waals surface area contributed by atoms with Crippen LogP contribution in [0.15, 0.2) is 0 Å². The van der Waals surface area contributed by atoms with E-state index in [-0.39, 0.29) is 18.0 Å². The molecule has 2 aliphatic heterocycles. The van der Waals surface area contributed by atoms with Crippen LogP contribution in [0.4, 0.5) is 0 Å². The molecule has 2 saturated heterocycles. The molecule has 2 fully saturated rings. The van der Waals surface area contributed by atoms with Crippen LogP contribution in [0.5, 0.6) is 0 Å². The summed E-state index contributed by atoms with van der Waals surface area (Å²) in [4.78, 5) is 0. The van der Waals surface area contributed by atoms with Gasteiger partial charge in [-0.3, -0.25) is 0 Å². The molecule has 0 aromatic carbocycles. The molecule has 0 aromatic heterocycles. The summed E-state index contributed by atoms with van der Waals surface area (Å²) in [6.45, 7) is 7.73. The van der Waals surface area contributed by atoms with Crippen molar-refractivity contribution >= 4 is 12.4 Å². The highest BCUT2D eigenvalue weighted by Gasteiger charge is 2.29. The summed E-state index contributed by atoms with van der Waals surface area (Å²) in [7, 11) is 0. The Morgan fingerprint density at radius 2 is 2.31 bits per heavy atom. The monoisotopic (exact) mass is 248 g/mol. The van der Waals surface area contributed by atoms with E-state index in [2.05, 4.69) is 17.6 Å². The van der Waals surface area contributed by atoms with Crippen LogP contribution in [-0.4, -0.2) is 38.4 Å². The van der Waals surface area contributed by atoms with Crippen LogP contribution in [0, 0.1) is 5.92 Å². The largest absolute Gasteiger partial charge is 0.374 e. The van der Waals surface area contributed by atoms with Gasteiger partial charge in [-0.05, 0) is 58.2 Å². The van der Waals surface area contributed by atoms with Crippen molar-refractivity contribution in [2.75, 3.05) is 32.8 Å². The van der Waals surface area contributed by atoms with Gasteiger partial charge in [-0.2, -0.15) is 0 Å². The minimum Gasteiger partial charge on any atom is -0.374 e. The van der Waals surface area contributed by atoms with E-state index in [9.17, 15) is 0 Å². The number of halogens is 1. The zero-order chi connectivity index (χ0) is 10.6. The molecule has 0 radical (unpaired) electrons. The van der Waals surface area contributed by atoms with Crippen molar-refractivity contribution in [2.45, 2.75) is 38.2 Å². The van der Waals surface area contributed by atoms with E-state index in [4.69, 9.17) is 4.74 Å². The van der Waals surface area contributed by atoms with Gasteiger partial charge in [0.1, 0.15) is 0 Å². The zero-order valence-electron chi connectivity index (χ0n) is 10.3. The number of rotatable bonds is 4. The molecule has 0 aliphatic carbocycles. The van der Waals surface area contributed by atoms with Gasteiger partial charge in [0, 0.05) is 13.2 Å². The topological polar surface area (TPSA) is 33.3 Å². The lowest BCUT2D eigenvalue weighted by Crippen LogP contribution is -2.42. The van der Waals surface area contributed by atoms with Crippen LogP contribution in [-0.2, 0) is 4.74 Å². The summed E-state index contributed by atoms with van der Waals surface area (Å²) in [5.74, 6) is 0.823. The highest BCUT2D eigenvalue weighted by atomic mass is 35.5. The van der Waals surface area contributed by atoms with Gasteiger partial charge < -0.3 is 15.4 Å². The molecule has 2 aliphatic rings. The standard InChI is InChI=1S/C12H24N2O.ClH/c1-12(5-3-7-15-12)10-14-9-11-4-2-6-13-8-11;/h11,13-14H,2-10H2,1H3;1H. The third kappa shape index (κ3) is 4.21. The summed E-state index contributed by atoms with van der Waals surface area (Å²) in [6.07, 6.45) is 5.14. The molecule has 3 nitrogen and oxygen atoms in total. The van der Waals surface area contributed by atoms with Crippen LogP contribution in [0.1, 0.15) is 32.6 Å². The molecule has 0 bridgehead atoms. The Labute approximate surface area is 105 Å². The zero-order valence-corrected chi connectivity index (χ0v) is 11.1. The molecule has 2 atom stereocenters. The van der Waals surface area contributed by atoms with E-state index in [1.165, 1.54) is 38.8 Å². The highest BCUT2D eigenvalue weighted by Crippen LogP contribution is 2.24. The smallest absolute Gasteiger partial charge is 0.0779 e. The lowest BCUT2D eigenvalue weighted by Gasteiger charge is -2.27. The normalized spacial score (nSPS) is 34.7. The van der Waals surface area contributed by atoms with Crippen LogP contribution in [0.2, 0.25) is 0 Å². The van der Waals surface area contributed by atoms with Crippen molar-refractivity contribution in [2.24, 2.45) is 5.92 Å². The number of hydrogen-bond acceptors (Lipinski definition) is 3. The Morgan fingerprint density at radius 3 is 2.94 bits per heavy atom. The van der Waals surface area contributed by atoms with E-state index in [1.54, 1.807) is 0 Å². The molecule has 4 heteroatoms. The van der Waals surface area contributed by atoms with Gasteiger partial charge in [-0.15, -0.1) is 12.4 Å². The van der Waals surface area contributed by atoms with Crippen molar-refractivity contribution in [3.05, 3.63) is 0 Å². The van der Waals surface area contributed by atoms with Gasteiger partial charge in [0.2, 0.25) is 0 Å². The van der Waals surface area contributed by atoms with Crippen molar-refractivity contribution in [3.63, 3.8) is 0 Å². The van der Waals surface area contributed by atoms with Crippen molar-refractivity contribution in [3.8, 4) is 0 Å². The Morgan fingerprint density at radius 1 is 1.44 bits per heavy atom. The molecule has 2 rings (SSSR count). The lowest BCUT2D eigenvalue weighted by atomic mass is 9.98. The van der Waals surface area contributed by atoms with Crippen LogP contribution < -0.4 is 10.6 Å². The fraction of sp³-hybridized carbons (Fsp3) is 1.00. The molecule has 16 heavy (non-hydrogen) atoms. The fourth-order valence-corrected chi connectivity index (χ4v) is 2.62. The quantitative estimate of drug-likeness (QED) is 0.793. The maximum Gasteiger partial charge on any atom is 0.0779 e. The van der Waals surface area contributed by atoms with E-state index < -0.39 is 0 Å². The Kier molecular flexibility index (Phi) is 6.05. The number of hydrogen-bond donors (Lipinski definition) is 2. The second kappa shape index (κ2) is 6.80. The van der Waals surface area contributed by atoms with Crippen LogP contribution in [0.3, 0.4) is 0 Å². The summed E-state index contributed by atoms with van der Waals surface area (Å²) >= 11 is 0. The van der Waals surface area contributed by atoms with Crippen molar-refractivity contribution in [1.29, 1.82) is 0 Å². The maximum atomic E-state index is 5.75. The van der Waals surface area contributed by atoms with Gasteiger partial charge >= 0.3 is 0 Å².